The van der Waals surface area contributed by atoms with Crippen LogP contribution in [0.2, 0.25) is 0 Å². The second kappa shape index (κ2) is 9.74. The lowest BCUT2D eigenvalue weighted by Crippen LogP contribution is -2.87. The molecule has 9 nitrogen and oxygen atoms in total. The molecular weight excluding hydrogens is 402 g/mol. The summed E-state index contributed by atoms with van der Waals surface area (Å²) in [5, 5.41) is 16.0. The maximum absolute atomic E-state index is 12.7. The molecule has 2 saturated heterocycles. The van der Waals surface area contributed by atoms with Crippen molar-refractivity contribution >= 4 is 17.6 Å². The summed E-state index contributed by atoms with van der Waals surface area (Å²) in [5.74, 6) is -0.985. The van der Waals surface area contributed by atoms with Gasteiger partial charge in [-0.2, -0.15) is 0 Å². The van der Waals surface area contributed by atoms with Crippen LogP contribution in [0.5, 0.6) is 0 Å². The van der Waals surface area contributed by atoms with Gasteiger partial charge in [0.2, 0.25) is 0 Å². The van der Waals surface area contributed by atoms with Crippen molar-refractivity contribution in [2.75, 3.05) is 26.2 Å². The van der Waals surface area contributed by atoms with Gasteiger partial charge in [-0.25, -0.2) is 4.79 Å². The monoisotopic (exact) mass is 435 g/mol. The van der Waals surface area contributed by atoms with Crippen LogP contribution in [-0.2, 0) is 20.7 Å². The van der Waals surface area contributed by atoms with Crippen LogP contribution in [0.15, 0.2) is 18.2 Å². The van der Waals surface area contributed by atoms with E-state index in [0.717, 1.165) is 39.0 Å². The van der Waals surface area contributed by atoms with E-state index in [1.165, 1.54) is 12.1 Å². The van der Waals surface area contributed by atoms with Crippen molar-refractivity contribution in [2.24, 2.45) is 0 Å². The van der Waals surface area contributed by atoms with Crippen molar-refractivity contribution in [3.05, 3.63) is 39.4 Å². The Morgan fingerprint density at radius 1 is 1.00 bits per heavy atom. The number of nitro benzene ring substituents is 1. The SMILES string of the molecule is CC1(OC(=O)CCc2ccc(C(=O)OC3(C)CC[NH2+]CC3)c([N+](=O)[O-])c2)CC[NH2+]CC1. The largest absolute Gasteiger partial charge is 0.459 e. The Labute approximate surface area is 182 Å². The van der Waals surface area contributed by atoms with E-state index in [9.17, 15) is 19.7 Å². The molecule has 1 aromatic rings. The molecule has 170 valence electrons. The first-order valence-electron chi connectivity index (χ1n) is 11.1. The van der Waals surface area contributed by atoms with Gasteiger partial charge in [-0.1, -0.05) is 6.07 Å². The summed E-state index contributed by atoms with van der Waals surface area (Å²) in [6, 6.07) is 4.43. The highest BCUT2D eigenvalue weighted by molar-refractivity contribution is 5.94. The predicted octanol–water partition coefficient (Wildman–Crippen LogP) is 0.459. The maximum atomic E-state index is 12.7. The zero-order valence-corrected chi connectivity index (χ0v) is 18.4. The molecule has 0 saturated carbocycles. The van der Waals surface area contributed by atoms with Gasteiger partial charge >= 0.3 is 11.9 Å². The summed E-state index contributed by atoms with van der Waals surface area (Å²) >= 11 is 0. The second-order valence-electron chi connectivity index (χ2n) is 9.10. The number of rotatable bonds is 7. The number of nitrogens with zero attached hydrogens (tertiary/aromatic N) is 1. The molecule has 2 fully saturated rings. The first-order chi connectivity index (χ1) is 14.7. The number of esters is 2. The molecule has 0 radical (unpaired) electrons. The molecule has 2 heterocycles. The standard InChI is InChI=1S/C22H31N3O6/c1-21(7-11-23-12-8-21)30-19(26)6-4-16-3-5-17(18(15-16)25(28)29)20(27)31-22(2)9-13-24-14-10-22/h3,5,15,23-24H,4,6-14H2,1-2H3/p+2. The number of nitrogens with two attached hydrogens (primary N) is 2. The second-order valence-corrected chi connectivity index (χ2v) is 9.10. The fraction of sp³-hybridized carbons (Fsp3) is 0.636. The van der Waals surface area contributed by atoms with E-state index >= 15 is 0 Å². The number of quaternary nitrogens is 2. The third-order valence-electron chi connectivity index (χ3n) is 6.31. The summed E-state index contributed by atoms with van der Waals surface area (Å²) < 4.78 is 11.3. The summed E-state index contributed by atoms with van der Waals surface area (Å²) in [7, 11) is 0. The van der Waals surface area contributed by atoms with Crippen molar-refractivity contribution in [3.8, 4) is 0 Å². The van der Waals surface area contributed by atoms with Crippen LogP contribution in [0.25, 0.3) is 0 Å². The molecule has 0 atom stereocenters. The third-order valence-corrected chi connectivity index (χ3v) is 6.31. The van der Waals surface area contributed by atoms with E-state index in [1.54, 1.807) is 6.07 Å². The van der Waals surface area contributed by atoms with Crippen LogP contribution in [0.3, 0.4) is 0 Å². The van der Waals surface area contributed by atoms with Gasteiger partial charge in [-0.3, -0.25) is 14.9 Å². The number of piperidine rings is 2. The zero-order valence-electron chi connectivity index (χ0n) is 18.4. The van der Waals surface area contributed by atoms with E-state index in [4.69, 9.17) is 9.47 Å². The van der Waals surface area contributed by atoms with Crippen LogP contribution in [-0.4, -0.2) is 54.2 Å². The van der Waals surface area contributed by atoms with E-state index in [0.29, 0.717) is 24.8 Å². The molecule has 4 N–H and O–H groups in total. The topological polar surface area (TPSA) is 129 Å². The number of benzene rings is 1. The maximum Gasteiger partial charge on any atom is 0.345 e. The van der Waals surface area contributed by atoms with Gasteiger partial charge in [0.25, 0.3) is 5.69 Å². The smallest absolute Gasteiger partial charge is 0.345 e. The first-order valence-corrected chi connectivity index (χ1v) is 11.1. The van der Waals surface area contributed by atoms with Crippen LogP contribution >= 0.6 is 0 Å². The molecule has 0 bridgehead atoms. The quantitative estimate of drug-likeness (QED) is 0.364. The molecule has 9 heteroatoms. The summed E-state index contributed by atoms with van der Waals surface area (Å²) in [5.41, 5.74) is -0.774. The normalized spacial score (nSPS) is 19.9. The van der Waals surface area contributed by atoms with Crippen molar-refractivity contribution in [3.63, 3.8) is 0 Å². The molecule has 1 aromatic carbocycles. The van der Waals surface area contributed by atoms with Gasteiger partial charge < -0.3 is 20.1 Å². The molecule has 0 aliphatic carbocycles. The minimum atomic E-state index is -0.677. The Morgan fingerprint density at radius 3 is 2.10 bits per heavy atom. The Bertz CT molecular complexity index is 829. The zero-order chi connectivity index (χ0) is 22.5. The number of carbonyl (C=O) groups is 2. The van der Waals surface area contributed by atoms with Gasteiger partial charge in [-0.15, -0.1) is 0 Å². The van der Waals surface area contributed by atoms with E-state index < -0.39 is 22.1 Å². The van der Waals surface area contributed by atoms with E-state index in [1.807, 2.05) is 13.8 Å². The van der Waals surface area contributed by atoms with Gasteiger partial charge in [0.05, 0.1) is 31.1 Å². The lowest BCUT2D eigenvalue weighted by atomic mass is 9.94. The minimum absolute atomic E-state index is 0.0573. The van der Waals surface area contributed by atoms with Crippen LogP contribution < -0.4 is 10.6 Å². The van der Waals surface area contributed by atoms with Crippen molar-refractivity contribution < 1.29 is 34.6 Å². The molecule has 0 amide bonds. The fourth-order valence-electron chi connectivity index (χ4n) is 4.28. The molecule has 0 spiro atoms. The molecule has 2 aliphatic rings. The van der Waals surface area contributed by atoms with E-state index in [2.05, 4.69) is 10.6 Å². The highest BCUT2D eigenvalue weighted by Gasteiger charge is 2.35. The van der Waals surface area contributed by atoms with Gasteiger partial charge in [0, 0.05) is 38.2 Å². The number of nitro groups is 1. The number of hydrogen-bond donors (Lipinski definition) is 2. The lowest BCUT2D eigenvalue weighted by Gasteiger charge is -2.31. The van der Waals surface area contributed by atoms with Crippen molar-refractivity contribution in [1.29, 1.82) is 0 Å². The average molecular weight is 436 g/mol. The molecule has 0 unspecified atom stereocenters. The lowest BCUT2D eigenvalue weighted by molar-refractivity contribution is -0.668. The molecule has 0 aromatic heterocycles. The number of aryl methyl sites for hydroxylation is 1. The average Bonchev–Trinajstić information content (AvgIpc) is 2.72. The van der Waals surface area contributed by atoms with Crippen molar-refractivity contribution in [2.45, 2.75) is 63.6 Å². The van der Waals surface area contributed by atoms with Crippen LogP contribution in [0.1, 0.15) is 61.9 Å². The summed E-state index contributed by atoms with van der Waals surface area (Å²) in [6.07, 6.45) is 3.50. The number of carbonyl (C=O) groups excluding carboxylic acids is 2. The highest BCUT2D eigenvalue weighted by Crippen LogP contribution is 2.27. The Kier molecular flexibility index (Phi) is 7.27. The predicted molar refractivity (Wildman–Crippen MR) is 112 cm³/mol. The Hall–Kier alpha value is -2.52. The number of ether oxygens (including phenoxy) is 2. The number of hydrogen-bond acceptors (Lipinski definition) is 6. The fourth-order valence-corrected chi connectivity index (χ4v) is 4.28. The minimum Gasteiger partial charge on any atom is -0.459 e. The Morgan fingerprint density at radius 2 is 1.55 bits per heavy atom. The molecule has 3 rings (SSSR count). The van der Waals surface area contributed by atoms with Crippen molar-refractivity contribution in [1.82, 2.24) is 0 Å². The van der Waals surface area contributed by atoms with Gasteiger partial charge in [0.1, 0.15) is 16.8 Å². The first kappa shape index (κ1) is 23.1. The summed E-state index contributed by atoms with van der Waals surface area (Å²) in [4.78, 5) is 36.0. The van der Waals surface area contributed by atoms with Crippen LogP contribution in [0.4, 0.5) is 5.69 Å². The molecule has 2 aliphatic heterocycles. The summed E-state index contributed by atoms with van der Waals surface area (Å²) in [6.45, 7) is 7.41. The third kappa shape index (κ3) is 6.24. The highest BCUT2D eigenvalue weighted by atomic mass is 16.6. The Balaban J connectivity index is 1.63. The van der Waals surface area contributed by atoms with E-state index in [-0.39, 0.29) is 23.6 Å². The molecular formula is C22H33N3O6+2. The van der Waals surface area contributed by atoms with Crippen LogP contribution in [0, 0.1) is 10.1 Å². The van der Waals surface area contributed by atoms with Gasteiger partial charge in [-0.05, 0) is 31.9 Å². The molecule has 31 heavy (non-hydrogen) atoms. The van der Waals surface area contributed by atoms with Gasteiger partial charge in [0.15, 0.2) is 0 Å².